The lowest BCUT2D eigenvalue weighted by molar-refractivity contribution is 0.168. The summed E-state index contributed by atoms with van der Waals surface area (Å²) in [4.78, 5) is 2.30. The van der Waals surface area contributed by atoms with Crippen molar-refractivity contribution in [2.75, 3.05) is 4.90 Å². The Labute approximate surface area is 373 Å². The number of hydrogen-bond donors (Lipinski definition) is 0. The molecule has 1 saturated carbocycles. The van der Waals surface area contributed by atoms with Gasteiger partial charge in [-0.15, -0.1) is 11.3 Å². The monoisotopic (exact) mass is 835 g/mol. The van der Waals surface area contributed by atoms with E-state index in [4.69, 9.17) is 11.6 Å². The van der Waals surface area contributed by atoms with Crippen LogP contribution in [0.25, 0.3) is 64.7 Å². The topological polar surface area (TPSA) is 3.24 Å². The number of nitrogens with zero attached hydrogens (tertiary/aromatic N) is 1. The van der Waals surface area contributed by atoms with E-state index in [-0.39, 0.29) is 5.41 Å². The Hall–Kier alpha value is -6.19. The van der Waals surface area contributed by atoms with Crippen LogP contribution in [0.4, 0.5) is 17.1 Å². The highest BCUT2D eigenvalue weighted by Crippen LogP contribution is 2.63. The average Bonchev–Trinajstić information content (AvgIpc) is 3.82. The second-order valence-corrected chi connectivity index (χ2v) is 19.5. The van der Waals surface area contributed by atoms with Crippen molar-refractivity contribution in [1.82, 2.24) is 0 Å². The summed E-state index contributed by atoms with van der Waals surface area (Å²) >= 11 is 9.49. The lowest BCUT2D eigenvalue weighted by Gasteiger charge is -2.49. The van der Waals surface area contributed by atoms with Crippen LogP contribution in [-0.4, -0.2) is 0 Å². The average molecular weight is 837 g/mol. The number of benzene rings is 8. The largest absolute Gasteiger partial charge is 0.311 e. The summed E-state index contributed by atoms with van der Waals surface area (Å²) in [5, 5.41) is 3.50. The van der Waals surface area contributed by atoms with E-state index in [1.54, 1.807) is 0 Å². The molecule has 1 heterocycles. The first kappa shape index (κ1) is 37.6. The van der Waals surface area contributed by atoms with Crippen LogP contribution in [0.1, 0.15) is 44.2 Å². The minimum absolute atomic E-state index is 0.208. The molecule has 3 heteroatoms. The van der Waals surface area contributed by atoms with Crippen molar-refractivity contribution >= 4 is 60.2 Å². The van der Waals surface area contributed by atoms with Gasteiger partial charge in [0.1, 0.15) is 0 Å². The predicted octanol–water partition coefficient (Wildman–Crippen LogP) is 17.5. The Bertz CT molecular complexity index is 3160. The van der Waals surface area contributed by atoms with Crippen LogP contribution in [0, 0.1) is 17.8 Å². The van der Waals surface area contributed by atoms with Gasteiger partial charge < -0.3 is 4.90 Å². The summed E-state index contributed by atoms with van der Waals surface area (Å²) in [6, 6.07) is 67.0. The molecule has 62 heavy (non-hydrogen) atoms. The Morgan fingerprint density at radius 1 is 0.516 bits per heavy atom. The molecule has 0 radical (unpaired) electrons. The maximum absolute atomic E-state index is 7.61. The fourth-order valence-corrected chi connectivity index (χ4v) is 12.9. The summed E-state index contributed by atoms with van der Waals surface area (Å²) < 4.78 is 2.67. The zero-order valence-electron chi connectivity index (χ0n) is 35.0. The number of anilines is 3. The number of hydrogen-bond acceptors (Lipinski definition) is 2. The van der Waals surface area contributed by atoms with Gasteiger partial charge in [0.2, 0.25) is 0 Å². The van der Waals surface area contributed by atoms with Crippen molar-refractivity contribution < 1.29 is 0 Å². The molecular formula is C59H46ClNS. The zero-order chi connectivity index (χ0) is 41.5. The number of allylic oxidation sites excluding steroid dienone is 2. The molecule has 0 aliphatic heterocycles. The molecule has 0 N–H and O–H groups in total. The molecular weight excluding hydrogens is 790 g/mol. The lowest BCUT2D eigenvalue weighted by Crippen LogP contribution is -2.42. The third-order valence-electron chi connectivity index (χ3n) is 14.4. The molecule has 1 aromatic heterocycles. The molecule has 9 aromatic rings. The van der Waals surface area contributed by atoms with Gasteiger partial charge in [0.05, 0.1) is 0 Å². The fourth-order valence-electron chi connectivity index (χ4n) is 11.5. The van der Waals surface area contributed by atoms with Crippen LogP contribution in [0.5, 0.6) is 0 Å². The Morgan fingerprint density at radius 3 is 1.82 bits per heavy atom. The van der Waals surface area contributed by atoms with Gasteiger partial charge in [-0.25, -0.2) is 0 Å². The van der Waals surface area contributed by atoms with Gasteiger partial charge in [-0.2, -0.15) is 0 Å². The number of fused-ring (bicyclic) bond motifs is 11. The molecule has 12 rings (SSSR count). The van der Waals surface area contributed by atoms with E-state index in [9.17, 15) is 0 Å². The quantitative estimate of drug-likeness (QED) is 0.151. The first-order valence-electron chi connectivity index (χ1n) is 22.1. The number of halogens is 1. The van der Waals surface area contributed by atoms with Crippen LogP contribution in [0.15, 0.2) is 194 Å². The smallest absolute Gasteiger partial charge is 0.0493 e. The second-order valence-electron chi connectivity index (χ2n) is 18.0. The maximum Gasteiger partial charge on any atom is 0.0493 e. The summed E-state index contributed by atoms with van der Waals surface area (Å²) in [5.74, 6) is 1.88. The van der Waals surface area contributed by atoms with Gasteiger partial charge in [-0.05, 0) is 167 Å². The molecule has 1 spiro atoms. The van der Waals surface area contributed by atoms with Gasteiger partial charge in [0, 0.05) is 53.2 Å². The van der Waals surface area contributed by atoms with Crippen LogP contribution < -0.4 is 4.90 Å². The molecule has 2 bridgehead atoms. The Kier molecular flexibility index (Phi) is 8.92. The van der Waals surface area contributed by atoms with Gasteiger partial charge in [-0.1, -0.05) is 139 Å². The highest BCUT2D eigenvalue weighted by molar-refractivity contribution is 7.25. The molecule has 300 valence electrons. The van der Waals surface area contributed by atoms with Gasteiger partial charge in [-0.3, -0.25) is 0 Å². The number of thiophene rings is 1. The van der Waals surface area contributed by atoms with E-state index in [1.807, 2.05) is 11.3 Å². The molecule has 3 aliphatic rings. The van der Waals surface area contributed by atoms with Crippen LogP contribution in [0.3, 0.4) is 0 Å². The van der Waals surface area contributed by atoms with Crippen molar-refractivity contribution in [3.05, 3.63) is 210 Å². The lowest BCUT2D eigenvalue weighted by atomic mass is 9.55. The van der Waals surface area contributed by atoms with Gasteiger partial charge >= 0.3 is 0 Å². The van der Waals surface area contributed by atoms with Gasteiger partial charge in [0.15, 0.2) is 0 Å². The van der Waals surface area contributed by atoms with Crippen molar-refractivity contribution in [3.8, 4) is 44.5 Å². The van der Waals surface area contributed by atoms with E-state index in [0.29, 0.717) is 17.8 Å². The van der Waals surface area contributed by atoms with Crippen molar-refractivity contribution in [2.45, 2.75) is 38.5 Å². The molecule has 4 atom stereocenters. The standard InChI is InChI=1S/C59H46ClNS/c1-37-29-44-31-46(30-37)59(36-38(44)2)53-27-23-42(43-24-28-57-51(32-43)50-15-9-10-16-56(50)62-57)33-52(53)58-54(59)34-45(35-55(58)60)41-19-17-39(18-20-41)40-21-25-49(26-22-40)61(47-11-5-3-6-12-47)48-13-7-4-8-14-48/h3-28,32-37,44,46H,29-31H2,1-2H3. The summed E-state index contributed by atoms with van der Waals surface area (Å²) in [5.41, 5.74) is 17.3. The molecule has 3 aliphatic carbocycles. The first-order chi connectivity index (χ1) is 30.4. The third kappa shape index (κ3) is 6.03. The number of para-hydroxylation sites is 2. The summed E-state index contributed by atoms with van der Waals surface area (Å²) in [6.45, 7) is 4.86. The molecule has 1 nitrogen and oxygen atoms in total. The Morgan fingerprint density at radius 2 is 1.10 bits per heavy atom. The zero-order valence-corrected chi connectivity index (χ0v) is 36.6. The van der Waals surface area contributed by atoms with E-state index in [1.165, 1.54) is 101 Å². The van der Waals surface area contributed by atoms with Crippen LogP contribution >= 0.6 is 22.9 Å². The SMILES string of the molecule is CC1=CC2(c3ccc(-c4ccc5sc6ccccc6c5c4)cc3-c3c(Cl)cc(-c4ccc(-c5ccc(N(c6ccccc6)c6ccccc6)cc5)cc4)cc32)C2CC(C)CC1C2. The highest BCUT2D eigenvalue weighted by atomic mass is 35.5. The second kappa shape index (κ2) is 14.7. The maximum atomic E-state index is 7.61. The molecule has 0 amide bonds. The summed E-state index contributed by atoms with van der Waals surface area (Å²) in [7, 11) is 0. The minimum Gasteiger partial charge on any atom is -0.311 e. The van der Waals surface area contributed by atoms with E-state index in [0.717, 1.165) is 22.1 Å². The number of rotatable bonds is 6. The van der Waals surface area contributed by atoms with E-state index < -0.39 is 0 Å². The molecule has 0 saturated heterocycles. The highest BCUT2D eigenvalue weighted by Gasteiger charge is 2.52. The van der Waals surface area contributed by atoms with E-state index >= 15 is 0 Å². The molecule has 1 fully saturated rings. The third-order valence-corrected chi connectivity index (χ3v) is 15.8. The van der Waals surface area contributed by atoms with Crippen LogP contribution in [-0.2, 0) is 5.41 Å². The normalized spacial score (nSPS) is 20.0. The predicted molar refractivity (Wildman–Crippen MR) is 265 cm³/mol. The molecule has 4 unspecified atom stereocenters. The summed E-state index contributed by atoms with van der Waals surface area (Å²) in [6.07, 6.45) is 6.43. The minimum atomic E-state index is -0.208. The van der Waals surface area contributed by atoms with Crippen molar-refractivity contribution in [3.63, 3.8) is 0 Å². The first-order valence-corrected chi connectivity index (χ1v) is 23.3. The van der Waals surface area contributed by atoms with Crippen molar-refractivity contribution in [1.29, 1.82) is 0 Å². The van der Waals surface area contributed by atoms with Gasteiger partial charge in [0.25, 0.3) is 0 Å². The van der Waals surface area contributed by atoms with Crippen LogP contribution in [0.2, 0.25) is 5.02 Å². The van der Waals surface area contributed by atoms with E-state index in [2.05, 4.69) is 207 Å². The fraction of sp³-hybridized carbons (Fsp3) is 0.153. The van der Waals surface area contributed by atoms with Crippen molar-refractivity contribution in [2.24, 2.45) is 17.8 Å². The molecule has 8 aromatic carbocycles. The Balaban J connectivity index is 0.930.